The number of nitrogens with zero attached hydrogens (tertiary/aromatic N) is 5. The molecule has 114 valence electrons. The third kappa shape index (κ3) is 3.18. The van der Waals surface area contributed by atoms with Crippen LogP contribution in [0.3, 0.4) is 0 Å². The second-order valence-electron chi connectivity index (χ2n) is 5.89. The van der Waals surface area contributed by atoms with Crippen LogP contribution in [0.2, 0.25) is 0 Å². The summed E-state index contributed by atoms with van der Waals surface area (Å²) in [4.78, 5) is 13.6. The molecule has 2 heterocycles. The van der Waals surface area contributed by atoms with Crippen molar-refractivity contribution in [1.82, 2.24) is 24.7 Å². The Labute approximate surface area is 125 Å². The molecular weight excluding hydrogens is 266 g/mol. The fraction of sp³-hybridized carbons (Fsp3) is 0.571. The number of hydrogen-bond donors (Lipinski definition) is 2. The van der Waals surface area contributed by atoms with Crippen molar-refractivity contribution in [3.8, 4) is 5.82 Å². The summed E-state index contributed by atoms with van der Waals surface area (Å²) in [6, 6.07) is 1.78. The lowest BCUT2D eigenvalue weighted by Crippen LogP contribution is -2.20. The molecule has 0 aromatic carbocycles. The van der Waals surface area contributed by atoms with Gasteiger partial charge in [0.05, 0.1) is 0 Å². The van der Waals surface area contributed by atoms with Crippen molar-refractivity contribution < 1.29 is 0 Å². The molecule has 7 nitrogen and oxygen atoms in total. The molecule has 0 spiro atoms. The van der Waals surface area contributed by atoms with Crippen molar-refractivity contribution in [2.75, 3.05) is 5.43 Å². The van der Waals surface area contributed by atoms with E-state index in [1.165, 1.54) is 0 Å². The summed E-state index contributed by atoms with van der Waals surface area (Å²) in [5.41, 5.74) is 2.42. The van der Waals surface area contributed by atoms with Gasteiger partial charge in [0.1, 0.15) is 17.5 Å². The Kier molecular flexibility index (Phi) is 4.22. The van der Waals surface area contributed by atoms with Crippen molar-refractivity contribution in [2.24, 2.45) is 5.84 Å². The topological polar surface area (TPSA) is 94.5 Å². The van der Waals surface area contributed by atoms with Crippen molar-refractivity contribution in [2.45, 2.75) is 52.9 Å². The molecule has 0 atom stereocenters. The fourth-order valence-electron chi connectivity index (χ4n) is 1.91. The highest BCUT2D eigenvalue weighted by Gasteiger charge is 2.21. The Morgan fingerprint density at radius 1 is 1.14 bits per heavy atom. The molecule has 0 radical (unpaired) electrons. The summed E-state index contributed by atoms with van der Waals surface area (Å²) in [5, 5.41) is 4.52. The van der Waals surface area contributed by atoms with E-state index in [2.05, 4.69) is 46.2 Å². The first-order valence-electron chi connectivity index (χ1n) is 7.20. The summed E-state index contributed by atoms with van der Waals surface area (Å²) >= 11 is 0. The Balaban J connectivity index is 2.60. The van der Waals surface area contributed by atoms with Crippen LogP contribution in [-0.4, -0.2) is 24.7 Å². The molecule has 0 aliphatic carbocycles. The number of rotatable bonds is 4. The number of nitrogens with one attached hydrogen (secondary N) is 1. The van der Waals surface area contributed by atoms with Gasteiger partial charge in [-0.15, -0.1) is 5.10 Å². The van der Waals surface area contributed by atoms with Crippen LogP contribution in [0.25, 0.3) is 5.82 Å². The number of aromatic nitrogens is 5. The van der Waals surface area contributed by atoms with E-state index in [-0.39, 0.29) is 5.41 Å². The fourth-order valence-corrected chi connectivity index (χ4v) is 1.91. The van der Waals surface area contributed by atoms with Gasteiger partial charge >= 0.3 is 0 Å². The van der Waals surface area contributed by atoms with E-state index in [9.17, 15) is 0 Å². The third-order valence-corrected chi connectivity index (χ3v) is 3.10. The van der Waals surface area contributed by atoms with Crippen LogP contribution >= 0.6 is 0 Å². The number of anilines is 1. The minimum atomic E-state index is -0.178. The lowest BCUT2D eigenvalue weighted by molar-refractivity contribution is 0.542. The molecule has 0 aliphatic rings. The number of aryl methyl sites for hydroxylation is 2. The first kappa shape index (κ1) is 15.4. The van der Waals surface area contributed by atoms with Crippen molar-refractivity contribution in [3.05, 3.63) is 23.5 Å². The Hall–Kier alpha value is -2.02. The molecule has 0 bridgehead atoms. The van der Waals surface area contributed by atoms with Crippen LogP contribution in [0.4, 0.5) is 5.82 Å². The van der Waals surface area contributed by atoms with Crippen molar-refractivity contribution in [1.29, 1.82) is 0 Å². The zero-order chi connectivity index (χ0) is 15.6. The van der Waals surface area contributed by atoms with Crippen LogP contribution in [0.1, 0.15) is 52.1 Å². The van der Waals surface area contributed by atoms with Gasteiger partial charge in [-0.2, -0.15) is 4.68 Å². The first-order chi connectivity index (χ1) is 9.88. The van der Waals surface area contributed by atoms with Gasteiger partial charge in [0.25, 0.3) is 0 Å². The molecule has 0 saturated carbocycles. The molecular formula is C14H23N7. The predicted octanol–water partition coefficient (Wildman–Crippen LogP) is 1.77. The van der Waals surface area contributed by atoms with E-state index in [0.29, 0.717) is 17.5 Å². The Morgan fingerprint density at radius 3 is 2.38 bits per heavy atom. The van der Waals surface area contributed by atoms with Gasteiger partial charge in [0.2, 0.25) is 0 Å². The average molecular weight is 289 g/mol. The molecule has 0 amide bonds. The van der Waals surface area contributed by atoms with Gasteiger partial charge in [-0.3, -0.25) is 0 Å². The quantitative estimate of drug-likeness (QED) is 0.658. The highest BCUT2D eigenvalue weighted by molar-refractivity contribution is 5.41. The zero-order valence-electron chi connectivity index (χ0n) is 13.3. The minimum Gasteiger partial charge on any atom is -0.308 e. The van der Waals surface area contributed by atoms with Crippen molar-refractivity contribution >= 4 is 5.82 Å². The predicted molar refractivity (Wildman–Crippen MR) is 82.2 cm³/mol. The van der Waals surface area contributed by atoms with E-state index in [0.717, 1.165) is 24.5 Å². The van der Waals surface area contributed by atoms with E-state index in [1.807, 2.05) is 13.8 Å². The smallest absolute Gasteiger partial charge is 0.161 e. The largest absolute Gasteiger partial charge is 0.308 e. The molecule has 0 unspecified atom stereocenters. The van der Waals surface area contributed by atoms with Gasteiger partial charge < -0.3 is 5.43 Å². The summed E-state index contributed by atoms with van der Waals surface area (Å²) in [7, 11) is 0. The third-order valence-electron chi connectivity index (χ3n) is 3.10. The molecule has 0 aliphatic heterocycles. The summed E-state index contributed by atoms with van der Waals surface area (Å²) in [6.45, 7) is 10.3. The van der Waals surface area contributed by atoms with Crippen LogP contribution in [0.5, 0.6) is 0 Å². The van der Waals surface area contributed by atoms with Gasteiger partial charge in [-0.25, -0.2) is 20.8 Å². The zero-order valence-corrected chi connectivity index (χ0v) is 13.3. The Bertz CT molecular complexity index is 625. The SMILES string of the molecule is CCc1nc(CC)n(-c2cc(NN)nc(C(C)(C)C)n2)n1. The number of hydrazine groups is 1. The monoisotopic (exact) mass is 289 g/mol. The maximum atomic E-state index is 5.53. The van der Waals surface area contributed by atoms with E-state index in [1.54, 1.807) is 10.7 Å². The van der Waals surface area contributed by atoms with Crippen LogP contribution < -0.4 is 11.3 Å². The van der Waals surface area contributed by atoms with Crippen LogP contribution in [0, 0.1) is 0 Å². The van der Waals surface area contributed by atoms with Gasteiger partial charge in [-0.05, 0) is 0 Å². The standard InChI is InChI=1S/C14H23N7/c1-6-9-16-11(7-2)21(20-9)12-8-10(19-15)17-13(18-12)14(3,4)5/h8H,6-7,15H2,1-5H3,(H,17,18,19). The maximum absolute atomic E-state index is 5.53. The van der Waals surface area contributed by atoms with Crippen LogP contribution in [-0.2, 0) is 18.3 Å². The van der Waals surface area contributed by atoms with Gasteiger partial charge in [0.15, 0.2) is 11.6 Å². The molecule has 21 heavy (non-hydrogen) atoms. The molecule has 2 aromatic heterocycles. The summed E-state index contributed by atoms with van der Waals surface area (Å²) in [5.74, 6) is 9.19. The molecule has 2 rings (SSSR count). The number of nitrogen functional groups attached to an aromatic ring is 1. The molecule has 0 fully saturated rings. The molecule has 3 N–H and O–H groups in total. The summed E-state index contributed by atoms with van der Waals surface area (Å²) < 4.78 is 1.77. The Morgan fingerprint density at radius 2 is 1.86 bits per heavy atom. The second kappa shape index (κ2) is 5.77. The van der Waals surface area contributed by atoms with Crippen molar-refractivity contribution in [3.63, 3.8) is 0 Å². The van der Waals surface area contributed by atoms with Gasteiger partial charge in [0, 0.05) is 24.3 Å². The number of nitrogens with two attached hydrogens (primary N) is 1. The maximum Gasteiger partial charge on any atom is 0.161 e. The number of hydrogen-bond acceptors (Lipinski definition) is 6. The minimum absolute atomic E-state index is 0.178. The van der Waals surface area contributed by atoms with Crippen LogP contribution in [0.15, 0.2) is 6.07 Å². The molecule has 0 saturated heterocycles. The summed E-state index contributed by atoms with van der Waals surface area (Å²) in [6.07, 6.45) is 1.58. The lowest BCUT2D eigenvalue weighted by Gasteiger charge is -2.18. The molecule has 2 aromatic rings. The normalized spacial score (nSPS) is 11.7. The van der Waals surface area contributed by atoms with E-state index < -0.39 is 0 Å². The lowest BCUT2D eigenvalue weighted by atomic mass is 9.96. The highest BCUT2D eigenvalue weighted by Crippen LogP contribution is 2.22. The first-order valence-corrected chi connectivity index (χ1v) is 7.20. The molecule has 7 heteroatoms. The average Bonchev–Trinajstić information content (AvgIpc) is 2.89. The second-order valence-corrected chi connectivity index (χ2v) is 5.89. The van der Waals surface area contributed by atoms with Gasteiger partial charge in [-0.1, -0.05) is 34.6 Å². The van der Waals surface area contributed by atoms with E-state index in [4.69, 9.17) is 5.84 Å². The van der Waals surface area contributed by atoms with E-state index >= 15 is 0 Å². The highest BCUT2D eigenvalue weighted by atomic mass is 15.4.